The van der Waals surface area contributed by atoms with Crippen LogP contribution in [0.3, 0.4) is 0 Å². The number of hydrogen-bond acceptors (Lipinski definition) is 4. The van der Waals surface area contributed by atoms with Crippen molar-refractivity contribution in [3.63, 3.8) is 0 Å². The van der Waals surface area contributed by atoms with Crippen LogP contribution in [0.2, 0.25) is 0 Å². The second kappa shape index (κ2) is 5.76. The molecule has 1 aromatic rings. The average molecular weight is 282 g/mol. The first-order valence-electron chi connectivity index (χ1n) is 6.47. The fraction of sp³-hybridized carbons (Fsp3) is 0.500. The minimum absolute atomic E-state index is 0.0151. The number of anilines is 2. The molecule has 1 fully saturated rings. The molecule has 0 radical (unpaired) electrons. The number of carbonyl (C=O) groups excluding carboxylic acids is 1. The molecule has 0 atom stereocenters. The van der Waals surface area contributed by atoms with E-state index < -0.39 is 11.6 Å². The van der Waals surface area contributed by atoms with Gasteiger partial charge in [-0.05, 0) is 32.0 Å². The Morgan fingerprint density at radius 2 is 2.00 bits per heavy atom. The smallest absolute Gasteiger partial charge is 0.221 e. The van der Waals surface area contributed by atoms with Crippen LogP contribution >= 0.6 is 0 Å². The summed E-state index contributed by atoms with van der Waals surface area (Å²) in [6.07, 6.45) is 0. The van der Waals surface area contributed by atoms with E-state index in [1.54, 1.807) is 12.1 Å². The Hall–Kier alpha value is -1.66. The molecule has 20 heavy (non-hydrogen) atoms. The molecule has 5 nitrogen and oxygen atoms in total. The first-order chi connectivity index (χ1) is 9.35. The summed E-state index contributed by atoms with van der Waals surface area (Å²) in [6.45, 7) is 6.05. The summed E-state index contributed by atoms with van der Waals surface area (Å²) in [5.41, 5.74) is 0.854. The Balaban J connectivity index is 2.01. The van der Waals surface area contributed by atoms with Crippen molar-refractivity contribution in [2.75, 3.05) is 23.8 Å². The zero-order valence-electron chi connectivity index (χ0n) is 11.8. The third kappa shape index (κ3) is 3.91. The summed E-state index contributed by atoms with van der Waals surface area (Å²) >= 11 is 0. The fourth-order valence-corrected chi connectivity index (χ4v) is 1.91. The number of rotatable bonds is 3. The predicted molar refractivity (Wildman–Crippen MR) is 74.1 cm³/mol. The van der Waals surface area contributed by atoms with Crippen molar-refractivity contribution in [1.82, 2.24) is 0 Å². The van der Waals surface area contributed by atoms with Crippen LogP contribution in [0.25, 0.3) is 0 Å². The number of halogens is 1. The molecule has 1 aromatic carbocycles. The van der Waals surface area contributed by atoms with E-state index in [0.29, 0.717) is 18.9 Å². The molecule has 0 saturated carbocycles. The number of ether oxygens (including phenoxy) is 2. The molecule has 1 aliphatic rings. The van der Waals surface area contributed by atoms with E-state index in [1.807, 2.05) is 13.8 Å². The lowest BCUT2D eigenvalue weighted by atomic mass is 10.2. The van der Waals surface area contributed by atoms with Gasteiger partial charge in [-0.3, -0.25) is 4.79 Å². The lowest BCUT2D eigenvalue weighted by molar-refractivity contribution is -0.247. The van der Waals surface area contributed by atoms with Crippen molar-refractivity contribution >= 4 is 17.3 Å². The molecule has 1 heterocycles. The number of benzene rings is 1. The van der Waals surface area contributed by atoms with Gasteiger partial charge in [-0.25, -0.2) is 4.39 Å². The van der Waals surface area contributed by atoms with E-state index in [2.05, 4.69) is 10.6 Å². The second-order valence-electron chi connectivity index (χ2n) is 5.24. The average Bonchev–Trinajstić information content (AvgIpc) is 2.35. The monoisotopic (exact) mass is 282 g/mol. The highest BCUT2D eigenvalue weighted by atomic mass is 19.1. The highest BCUT2D eigenvalue weighted by molar-refractivity contribution is 5.89. The number of carbonyl (C=O) groups is 1. The molecule has 2 rings (SSSR count). The SMILES string of the molecule is CC(=O)Nc1cc(NC2COC(C)(C)OC2)ccc1F. The Morgan fingerprint density at radius 1 is 1.35 bits per heavy atom. The Bertz CT molecular complexity index is 495. The van der Waals surface area contributed by atoms with Crippen LogP contribution in [0.5, 0.6) is 0 Å². The van der Waals surface area contributed by atoms with Crippen LogP contribution in [-0.2, 0) is 14.3 Å². The molecule has 0 bridgehead atoms. The lowest BCUT2D eigenvalue weighted by Gasteiger charge is -2.35. The van der Waals surface area contributed by atoms with Gasteiger partial charge < -0.3 is 20.1 Å². The van der Waals surface area contributed by atoms with Gasteiger partial charge in [-0.1, -0.05) is 0 Å². The Labute approximate surface area is 117 Å². The van der Waals surface area contributed by atoms with E-state index in [-0.39, 0.29) is 17.6 Å². The van der Waals surface area contributed by atoms with E-state index in [0.717, 1.165) is 0 Å². The van der Waals surface area contributed by atoms with Gasteiger partial charge in [-0.2, -0.15) is 0 Å². The van der Waals surface area contributed by atoms with Crippen LogP contribution in [0, 0.1) is 5.82 Å². The van der Waals surface area contributed by atoms with Crippen molar-refractivity contribution in [2.24, 2.45) is 0 Å². The second-order valence-corrected chi connectivity index (χ2v) is 5.24. The molecule has 6 heteroatoms. The number of amides is 1. The summed E-state index contributed by atoms with van der Waals surface area (Å²) in [7, 11) is 0. The lowest BCUT2D eigenvalue weighted by Crippen LogP contribution is -2.45. The molecule has 1 aliphatic heterocycles. The van der Waals surface area contributed by atoms with Gasteiger partial charge in [0.15, 0.2) is 5.79 Å². The highest BCUT2D eigenvalue weighted by Gasteiger charge is 2.28. The van der Waals surface area contributed by atoms with E-state index in [1.165, 1.54) is 13.0 Å². The van der Waals surface area contributed by atoms with Gasteiger partial charge in [0.2, 0.25) is 5.91 Å². The summed E-state index contributed by atoms with van der Waals surface area (Å²) in [5, 5.41) is 5.64. The molecule has 0 aliphatic carbocycles. The number of hydrogen-bond donors (Lipinski definition) is 2. The quantitative estimate of drug-likeness (QED) is 0.893. The molecule has 0 aromatic heterocycles. The van der Waals surface area contributed by atoms with Gasteiger partial charge >= 0.3 is 0 Å². The van der Waals surface area contributed by atoms with Crippen LogP contribution < -0.4 is 10.6 Å². The topological polar surface area (TPSA) is 59.6 Å². The normalized spacial score (nSPS) is 18.6. The van der Waals surface area contributed by atoms with Crippen LogP contribution in [0.4, 0.5) is 15.8 Å². The van der Waals surface area contributed by atoms with Crippen LogP contribution in [0.15, 0.2) is 18.2 Å². The van der Waals surface area contributed by atoms with Gasteiger partial charge in [-0.15, -0.1) is 0 Å². The predicted octanol–water partition coefficient (Wildman–Crippen LogP) is 2.35. The third-order valence-electron chi connectivity index (χ3n) is 2.91. The van der Waals surface area contributed by atoms with Crippen molar-refractivity contribution in [3.8, 4) is 0 Å². The largest absolute Gasteiger partial charge is 0.378 e. The molecule has 0 spiro atoms. The van der Waals surface area contributed by atoms with Gasteiger partial charge in [0.1, 0.15) is 5.82 Å². The Kier molecular flexibility index (Phi) is 4.25. The molecular formula is C14H19FN2O3. The third-order valence-corrected chi connectivity index (χ3v) is 2.91. The molecule has 1 saturated heterocycles. The van der Waals surface area contributed by atoms with Crippen molar-refractivity contribution in [3.05, 3.63) is 24.0 Å². The Morgan fingerprint density at radius 3 is 2.60 bits per heavy atom. The highest BCUT2D eigenvalue weighted by Crippen LogP contribution is 2.23. The maximum absolute atomic E-state index is 13.5. The standard InChI is InChI=1S/C14H19FN2O3/c1-9(18)16-13-6-10(4-5-12(13)15)17-11-7-19-14(2,3)20-8-11/h4-6,11,17H,7-8H2,1-3H3,(H,16,18). The van der Waals surface area contributed by atoms with E-state index in [9.17, 15) is 9.18 Å². The van der Waals surface area contributed by atoms with E-state index >= 15 is 0 Å². The summed E-state index contributed by atoms with van der Waals surface area (Å²) in [4.78, 5) is 11.0. The minimum atomic E-state index is -0.567. The zero-order valence-corrected chi connectivity index (χ0v) is 11.8. The summed E-state index contributed by atoms with van der Waals surface area (Å²) < 4.78 is 24.6. The molecular weight excluding hydrogens is 263 g/mol. The number of nitrogens with one attached hydrogen (secondary N) is 2. The van der Waals surface area contributed by atoms with Gasteiger partial charge in [0.25, 0.3) is 0 Å². The first kappa shape index (κ1) is 14.7. The zero-order chi connectivity index (χ0) is 14.8. The van der Waals surface area contributed by atoms with Crippen LogP contribution in [0.1, 0.15) is 20.8 Å². The van der Waals surface area contributed by atoms with E-state index in [4.69, 9.17) is 9.47 Å². The maximum atomic E-state index is 13.5. The van der Waals surface area contributed by atoms with Gasteiger partial charge in [0, 0.05) is 12.6 Å². The molecule has 110 valence electrons. The van der Waals surface area contributed by atoms with Crippen molar-refractivity contribution < 1.29 is 18.7 Å². The molecule has 1 amide bonds. The van der Waals surface area contributed by atoms with Gasteiger partial charge in [0.05, 0.1) is 24.9 Å². The fourth-order valence-electron chi connectivity index (χ4n) is 1.91. The first-order valence-corrected chi connectivity index (χ1v) is 6.47. The summed E-state index contributed by atoms with van der Waals surface area (Å²) in [6, 6.07) is 4.46. The van der Waals surface area contributed by atoms with Crippen molar-refractivity contribution in [2.45, 2.75) is 32.6 Å². The summed E-state index contributed by atoms with van der Waals surface area (Å²) in [5.74, 6) is -1.35. The molecule has 2 N–H and O–H groups in total. The molecule has 0 unspecified atom stereocenters. The van der Waals surface area contributed by atoms with Crippen molar-refractivity contribution in [1.29, 1.82) is 0 Å². The minimum Gasteiger partial charge on any atom is -0.378 e. The van der Waals surface area contributed by atoms with Crippen LogP contribution in [-0.4, -0.2) is 30.9 Å². The maximum Gasteiger partial charge on any atom is 0.221 e.